The summed E-state index contributed by atoms with van der Waals surface area (Å²) in [7, 11) is 0. The second kappa shape index (κ2) is 7.89. The van der Waals surface area contributed by atoms with E-state index in [1.807, 2.05) is 50.2 Å². The quantitative estimate of drug-likeness (QED) is 0.733. The van der Waals surface area contributed by atoms with Gasteiger partial charge in [-0.2, -0.15) is 5.26 Å². The van der Waals surface area contributed by atoms with Crippen LogP contribution >= 0.6 is 11.8 Å². The minimum atomic E-state index is -0.212. The van der Waals surface area contributed by atoms with Crippen LogP contribution in [0.2, 0.25) is 0 Å². The average molecular weight is 363 g/mol. The Morgan fingerprint density at radius 2 is 1.85 bits per heavy atom. The first-order chi connectivity index (χ1) is 12.6. The number of aryl methyl sites for hydroxylation is 2. The Hall–Kier alpha value is -3.04. The molecule has 1 aromatic heterocycles. The lowest BCUT2D eigenvalue weighted by atomic mass is 10.2. The normalized spacial score (nSPS) is 10.3. The highest BCUT2D eigenvalue weighted by molar-refractivity contribution is 7.99. The molecule has 1 amide bonds. The van der Waals surface area contributed by atoms with E-state index in [1.165, 1.54) is 11.8 Å². The predicted molar refractivity (Wildman–Crippen MR) is 98.9 cm³/mol. The molecule has 26 heavy (non-hydrogen) atoms. The van der Waals surface area contributed by atoms with Gasteiger partial charge in [0.1, 0.15) is 11.8 Å². The van der Waals surface area contributed by atoms with Gasteiger partial charge in [-0.1, -0.05) is 36.0 Å². The van der Waals surface area contributed by atoms with E-state index in [9.17, 15) is 10.1 Å². The second-order valence-electron chi connectivity index (χ2n) is 5.64. The van der Waals surface area contributed by atoms with Crippen molar-refractivity contribution in [1.29, 1.82) is 5.26 Å². The number of nitrogens with one attached hydrogen (secondary N) is 1. The molecule has 0 spiro atoms. The van der Waals surface area contributed by atoms with Crippen LogP contribution in [-0.4, -0.2) is 10.9 Å². The lowest BCUT2D eigenvalue weighted by Crippen LogP contribution is -2.23. The molecule has 2 aromatic carbocycles. The molecule has 5 nitrogen and oxygen atoms in total. The van der Waals surface area contributed by atoms with Gasteiger partial charge in [0.2, 0.25) is 5.89 Å². The molecule has 0 aliphatic carbocycles. The molecule has 1 N–H and O–H groups in total. The Kier molecular flexibility index (Phi) is 5.40. The monoisotopic (exact) mass is 363 g/mol. The number of aromatic nitrogens is 1. The number of nitrogens with zero attached hydrogens (tertiary/aromatic N) is 2. The van der Waals surface area contributed by atoms with E-state index in [-0.39, 0.29) is 12.5 Å². The maximum atomic E-state index is 12.6. The summed E-state index contributed by atoms with van der Waals surface area (Å²) in [5.41, 5.74) is 1.95. The van der Waals surface area contributed by atoms with Gasteiger partial charge in [-0.3, -0.25) is 4.79 Å². The summed E-state index contributed by atoms with van der Waals surface area (Å²) in [6.45, 7) is 3.93. The van der Waals surface area contributed by atoms with Gasteiger partial charge in [0.25, 0.3) is 5.91 Å². The van der Waals surface area contributed by atoms with Crippen molar-refractivity contribution >= 4 is 17.7 Å². The van der Waals surface area contributed by atoms with Gasteiger partial charge in [0, 0.05) is 9.79 Å². The average Bonchev–Trinajstić information content (AvgIpc) is 2.98. The Morgan fingerprint density at radius 1 is 1.15 bits per heavy atom. The van der Waals surface area contributed by atoms with Crippen molar-refractivity contribution in [2.24, 2.45) is 0 Å². The second-order valence-corrected chi connectivity index (χ2v) is 6.72. The van der Waals surface area contributed by atoms with E-state index in [2.05, 4.69) is 16.4 Å². The molecule has 3 rings (SSSR count). The highest BCUT2D eigenvalue weighted by Crippen LogP contribution is 2.32. The maximum Gasteiger partial charge on any atom is 0.252 e. The smallest absolute Gasteiger partial charge is 0.252 e. The van der Waals surface area contributed by atoms with E-state index in [0.29, 0.717) is 17.0 Å². The lowest BCUT2D eigenvalue weighted by Gasteiger charge is -2.10. The largest absolute Gasteiger partial charge is 0.444 e. The fraction of sp³-hybridized carbons (Fsp3) is 0.150. The van der Waals surface area contributed by atoms with Gasteiger partial charge in [-0.15, -0.1) is 0 Å². The first-order valence-electron chi connectivity index (χ1n) is 8.05. The molecular formula is C20H17N3O2S. The molecule has 0 atom stereocenters. The number of hydrogen-bond acceptors (Lipinski definition) is 5. The number of rotatable bonds is 5. The standard InChI is InChI=1S/C20H17N3O2S/c1-13-14(2)25-19(23-13)12-22-20(24)16-8-4-6-10-18(16)26-17-9-5-3-7-15(17)11-21/h3-10H,12H2,1-2H3,(H,22,24). The zero-order valence-corrected chi connectivity index (χ0v) is 15.3. The summed E-state index contributed by atoms with van der Waals surface area (Å²) in [4.78, 5) is 18.5. The third-order valence-corrected chi connectivity index (χ3v) is 4.98. The van der Waals surface area contributed by atoms with Crippen LogP contribution in [0.4, 0.5) is 0 Å². The molecule has 0 saturated heterocycles. The first kappa shape index (κ1) is 17.8. The SMILES string of the molecule is Cc1nc(CNC(=O)c2ccccc2Sc2ccccc2C#N)oc1C. The van der Waals surface area contributed by atoms with Gasteiger partial charge in [0.15, 0.2) is 0 Å². The Morgan fingerprint density at radius 3 is 2.54 bits per heavy atom. The van der Waals surface area contributed by atoms with Crippen LogP contribution in [0.25, 0.3) is 0 Å². The molecule has 6 heteroatoms. The Bertz CT molecular complexity index is 969. The number of benzene rings is 2. The third-order valence-electron chi connectivity index (χ3n) is 3.83. The van der Waals surface area contributed by atoms with Gasteiger partial charge in [-0.25, -0.2) is 4.98 Å². The zero-order valence-electron chi connectivity index (χ0n) is 14.4. The summed E-state index contributed by atoms with van der Waals surface area (Å²) in [6.07, 6.45) is 0. The minimum absolute atomic E-state index is 0.212. The van der Waals surface area contributed by atoms with Crippen molar-refractivity contribution in [2.75, 3.05) is 0 Å². The van der Waals surface area contributed by atoms with Crippen molar-refractivity contribution in [3.05, 3.63) is 77.0 Å². The summed E-state index contributed by atoms with van der Waals surface area (Å²) in [6, 6.07) is 16.8. The number of amides is 1. The minimum Gasteiger partial charge on any atom is -0.444 e. The summed E-state index contributed by atoms with van der Waals surface area (Å²) < 4.78 is 5.49. The third kappa shape index (κ3) is 3.95. The molecule has 0 aliphatic heterocycles. The summed E-state index contributed by atoms with van der Waals surface area (Å²) in [5, 5.41) is 12.1. The van der Waals surface area contributed by atoms with E-state index < -0.39 is 0 Å². The zero-order chi connectivity index (χ0) is 18.5. The molecule has 0 saturated carbocycles. The van der Waals surface area contributed by atoms with Crippen LogP contribution in [0.1, 0.15) is 33.3 Å². The maximum absolute atomic E-state index is 12.6. The van der Waals surface area contributed by atoms with Gasteiger partial charge in [0.05, 0.1) is 23.4 Å². The van der Waals surface area contributed by atoms with E-state index >= 15 is 0 Å². The van der Waals surface area contributed by atoms with Crippen molar-refractivity contribution in [2.45, 2.75) is 30.2 Å². The van der Waals surface area contributed by atoms with Crippen LogP contribution in [-0.2, 0) is 6.54 Å². The topological polar surface area (TPSA) is 78.9 Å². The van der Waals surface area contributed by atoms with Crippen molar-refractivity contribution < 1.29 is 9.21 Å². The highest BCUT2D eigenvalue weighted by atomic mass is 32.2. The van der Waals surface area contributed by atoms with Crippen molar-refractivity contribution in [3.63, 3.8) is 0 Å². The van der Waals surface area contributed by atoms with Crippen LogP contribution < -0.4 is 5.32 Å². The molecule has 3 aromatic rings. The molecule has 0 radical (unpaired) electrons. The highest BCUT2D eigenvalue weighted by Gasteiger charge is 2.14. The molecule has 0 aliphatic rings. The lowest BCUT2D eigenvalue weighted by molar-refractivity contribution is 0.0944. The predicted octanol–water partition coefficient (Wildman–Crippen LogP) is 4.24. The van der Waals surface area contributed by atoms with Gasteiger partial charge < -0.3 is 9.73 Å². The number of hydrogen-bond donors (Lipinski definition) is 1. The number of nitriles is 1. The molecule has 1 heterocycles. The fourth-order valence-corrected chi connectivity index (χ4v) is 3.40. The van der Waals surface area contributed by atoms with Crippen molar-refractivity contribution in [1.82, 2.24) is 10.3 Å². The molecule has 0 bridgehead atoms. The van der Waals surface area contributed by atoms with Crippen LogP contribution in [0.5, 0.6) is 0 Å². The summed E-state index contributed by atoms with van der Waals surface area (Å²) >= 11 is 1.40. The molecule has 0 unspecified atom stereocenters. The van der Waals surface area contributed by atoms with Crippen LogP contribution in [0, 0.1) is 25.2 Å². The fourth-order valence-electron chi connectivity index (χ4n) is 2.38. The van der Waals surface area contributed by atoms with E-state index in [0.717, 1.165) is 21.2 Å². The van der Waals surface area contributed by atoms with Gasteiger partial charge in [-0.05, 0) is 38.1 Å². The number of carbonyl (C=O) groups excluding carboxylic acids is 1. The first-order valence-corrected chi connectivity index (χ1v) is 8.87. The Labute approximate surface area is 156 Å². The van der Waals surface area contributed by atoms with Crippen molar-refractivity contribution in [3.8, 4) is 6.07 Å². The van der Waals surface area contributed by atoms with Crippen LogP contribution in [0.3, 0.4) is 0 Å². The Balaban J connectivity index is 1.78. The van der Waals surface area contributed by atoms with Crippen LogP contribution in [0.15, 0.2) is 62.7 Å². The number of carbonyl (C=O) groups is 1. The van der Waals surface area contributed by atoms with Gasteiger partial charge >= 0.3 is 0 Å². The van der Waals surface area contributed by atoms with E-state index in [4.69, 9.17) is 4.42 Å². The molecule has 130 valence electrons. The molecule has 0 fully saturated rings. The molecular weight excluding hydrogens is 346 g/mol. The van der Waals surface area contributed by atoms with E-state index in [1.54, 1.807) is 12.1 Å². The number of oxazole rings is 1. The summed E-state index contributed by atoms with van der Waals surface area (Å²) in [5.74, 6) is 1.02.